The minimum absolute atomic E-state index is 0.134. The summed E-state index contributed by atoms with van der Waals surface area (Å²) in [6.45, 7) is 11.6. The van der Waals surface area contributed by atoms with Gasteiger partial charge >= 0.3 is 0 Å². The van der Waals surface area contributed by atoms with Crippen LogP contribution in [0.1, 0.15) is 30.9 Å². The van der Waals surface area contributed by atoms with Crippen molar-refractivity contribution in [3.05, 3.63) is 35.4 Å². The lowest BCUT2D eigenvalue weighted by molar-refractivity contribution is -0.125. The maximum Gasteiger partial charge on any atom is 0.224 e. The Morgan fingerprint density at radius 2 is 1.80 bits per heavy atom. The van der Waals surface area contributed by atoms with E-state index in [2.05, 4.69) is 51.6 Å². The minimum Gasteiger partial charge on any atom is -0.352 e. The second kappa shape index (κ2) is 9.32. The van der Waals surface area contributed by atoms with Crippen molar-refractivity contribution in [1.82, 2.24) is 20.4 Å². The molecule has 0 spiro atoms. The predicted octanol–water partition coefficient (Wildman–Crippen LogP) is 1.44. The van der Waals surface area contributed by atoms with Gasteiger partial charge in [-0.2, -0.15) is 0 Å². The van der Waals surface area contributed by atoms with E-state index in [1.54, 1.807) is 0 Å². The van der Waals surface area contributed by atoms with Gasteiger partial charge in [-0.25, -0.2) is 0 Å². The van der Waals surface area contributed by atoms with Crippen molar-refractivity contribution in [2.24, 2.45) is 5.92 Å². The lowest BCUT2D eigenvalue weighted by Crippen LogP contribution is -2.45. The van der Waals surface area contributed by atoms with Crippen LogP contribution in [-0.2, 0) is 17.9 Å². The number of piperazine rings is 1. The molecule has 0 saturated carbocycles. The zero-order valence-electron chi connectivity index (χ0n) is 15.5. The molecule has 5 nitrogen and oxygen atoms in total. The third kappa shape index (κ3) is 5.53. The van der Waals surface area contributed by atoms with Crippen LogP contribution in [0, 0.1) is 5.92 Å². The van der Waals surface area contributed by atoms with Crippen molar-refractivity contribution < 1.29 is 4.79 Å². The number of carbonyl (C=O) groups is 1. The Morgan fingerprint density at radius 3 is 2.44 bits per heavy atom. The summed E-state index contributed by atoms with van der Waals surface area (Å²) in [6, 6.07) is 8.71. The first kappa shape index (κ1) is 18.4. The molecule has 2 aliphatic rings. The van der Waals surface area contributed by atoms with Gasteiger partial charge in [0.05, 0.1) is 5.92 Å². The molecule has 0 aliphatic carbocycles. The second-order valence-electron chi connectivity index (χ2n) is 7.29. The van der Waals surface area contributed by atoms with Gasteiger partial charge in [-0.1, -0.05) is 31.2 Å². The summed E-state index contributed by atoms with van der Waals surface area (Å²) in [5, 5.41) is 6.38. The molecule has 0 radical (unpaired) electrons. The smallest absolute Gasteiger partial charge is 0.224 e. The second-order valence-corrected chi connectivity index (χ2v) is 7.29. The number of rotatable bonds is 6. The van der Waals surface area contributed by atoms with E-state index < -0.39 is 0 Å². The third-order valence-corrected chi connectivity index (χ3v) is 5.48. The van der Waals surface area contributed by atoms with Crippen LogP contribution in [0.2, 0.25) is 0 Å². The number of piperidine rings is 1. The van der Waals surface area contributed by atoms with E-state index in [1.807, 2.05) is 0 Å². The monoisotopic (exact) mass is 344 g/mol. The molecule has 3 rings (SSSR count). The molecule has 2 saturated heterocycles. The third-order valence-electron chi connectivity index (χ3n) is 5.48. The van der Waals surface area contributed by atoms with Crippen LogP contribution in [0.25, 0.3) is 0 Å². The fourth-order valence-electron chi connectivity index (χ4n) is 3.69. The molecule has 2 N–H and O–H groups in total. The number of nitrogens with one attached hydrogen (secondary N) is 2. The van der Waals surface area contributed by atoms with Crippen molar-refractivity contribution in [3.8, 4) is 0 Å². The first-order valence-electron chi connectivity index (χ1n) is 9.75. The van der Waals surface area contributed by atoms with E-state index >= 15 is 0 Å². The number of likely N-dealkylation sites (N-methyl/N-ethyl adjacent to an activating group) is 1. The van der Waals surface area contributed by atoms with Crippen LogP contribution in [0.4, 0.5) is 0 Å². The van der Waals surface area contributed by atoms with Crippen molar-refractivity contribution >= 4 is 5.91 Å². The summed E-state index contributed by atoms with van der Waals surface area (Å²) in [4.78, 5) is 17.2. The molecule has 2 heterocycles. The number of hydrogen-bond acceptors (Lipinski definition) is 4. The van der Waals surface area contributed by atoms with E-state index in [9.17, 15) is 4.79 Å². The molecular formula is C20H32N4O. The number of carbonyl (C=O) groups excluding carboxylic acids is 1. The summed E-state index contributed by atoms with van der Waals surface area (Å²) in [5.74, 6) is 0.319. The van der Waals surface area contributed by atoms with Gasteiger partial charge in [-0.05, 0) is 37.1 Å². The van der Waals surface area contributed by atoms with E-state index in [-0.39, 0.29) is 11.8 Å². The standard InChI is InChI=1S/C20H32N4O/c1-2-23-10-12-24(13-11-23)16-18-7-5-17(6-8-18)14-22-20(25)19-4-3-9-21-15-19/h5-8,19,21H,2-4,9-16H2,1H3,(H,22,25). The lowest BCUT2D eigenvalue weighted by Gasteiger charge is -2.34. The largest absolute Gasteiger partial charge is 0.352 e. The lowest BCUT2D eigenvalue weighted by atomic mass is 9.99. The molecule has 1 aromatic carbocycles. The normalized spacial score (nSPS) is 22.7. The highest BCUT2D eigenvalue weighted by Crippen LogP contribution is 2.12. The molecule has 5 heteroatoms. The predicted molar refractivity (Wildman–Crippen MR) is 101 cm³/mol. The van der Waals surface area contributed by atoms with Gasteiger partial charge in [0.1, 0.15) is 0 Å². The van der Waals surface area contributed by atoms with Gasteiger partial charge in [0.25, 0.3) is 0 Å². The number of benzene rings is 1. The van der Waals surface area contributed by atoms with Crippen LogP contribution >= 0.6 is 0 Å². The van der Waals surface area contributed by atoms with Gasteiger partial charge in [-0.15, -0.1) is 0 Å². The first-order valence-corrected chi connectivity index (χ1v) is 9.75. The molecule has 1 amide bonds. The van der Waals surface area contributed by atoms with Crippen molar-refractivity contribution in [2.75, 3.05) is 45.8 Å². The van der Waals surface area contributed by atoms with Gasteiger partial charge in [0.2, 0.25) is 5.91 Å². The fourth-order valence-corrected chi connectivity index (χ4v) is 3.69. The molecular weight excluding hydrogens is 312 g/mol. The van der Waals surface area contributed by atoms with Crippen LogP contribution in [-0.4, -0.2) is 61.5 Å². The average Bonchev–Trinajstić information content (AvgIpc) is 2.68. The molecule has 0 aromatic heterocycles. The van der Waals surface area contributed by atoms with Crippen molar-refractivity contribution in [3.63, 3.8) is 0 Å². The van der Waals surface area contributed by atoms with E-state index in [0.717, 1.165) is 52.1 Å². The summed E-state index contributed by atoms with van der Waals surface area (Å²) in [7, 11) is 0. The highest BCUT2D eigenvalue weighted by atomic mass is 16.1. The van der Waals surface area contributed by atoms with Crippen molar-refractivity contribution in [1.29, 1.82) is 0 Å². The molecule has 2 fully saturated rings. The van der Waals surface area contributed by atoms with Crippen LogP contribution < -0.4 is 10.6 Å². The summed E-state index contributed by atoms with van der Waals surface area (Å²) in [6.07, 6.45) is 2.10. The van der Waals surface area contributed by atoms with Gasteiger partial charge in [0.15, 0.2) is 0 Å². The fraction of sp³-hybridized carbons (Fsp3) is 0.650. The quantitative estimate of drug-likeness (QED) is 0.820. The summed E-state index contributed by atoms with van der Waals surface area (Å²) >= 11 is 0. The maximum absolute atomic E-state index is 12.2. The Morgan fingerprint density at radius 1 is 1.12 bits per heavy atom. The Kier molecular flexibility index (Phi) is 6.84. The highest BCUT2D eigenvalue weighted by molar-refractivity contribution is 5.78. The van der Waals surface area contributed by atoms with Gasteiger partial charge < -0.3 is 15.5 Å². The molecule has 25 heavy (non-hydrogen) atoms. The number of hydrogen-bond donors (Lipinski definition) is 2. The first-order chi connectivity index (χ1) is 12.2. The molecule has 138 valence electrons. The van der Waals surface area contributed by atoms with Gasteiger partial charge in [-0.3, -0.25) is 9.69 Å². The SMILES string of the molecule is CCN1CCN(Cc2ccc(CNC(=O)C3CCCNC3)cc2)CC1. The molecule has 2 aliphatic heterocycles. The van der Waals surface area contributed by atoms with Crippen LogP contribution in [0.15, 0.2) is 24.3 Å². The highest BCUT2D eigenvalue weighted by Gasteiger charge is 2.20. The molecule has 1 atom stereocenters. The van der Waals surface area contributed by atoms with Crippen LogP contribution in [0.3, 0.4) is 0 Å². The van der Waals surface area contributed by atoms with E-state index in [0.29, 0.717) is 6.54 Å². The van der Waals surface area contributed by atoms with Gasteiger partial charge in [0, 0.05) is 45.8 Å². The molecule has 0 bridgehead atoms. The van der Waals surface area contributed by atoms with E-state index in [4.69, 9.17) is 0 Å². The molecule has 1 aromatic rings. The number of amides is 1. The van der Waals surface area contributed by atoms with E-state index in [1.165, 1.54) is 24.2 Å². The number of nitrogens with zero attached hydrogens (tertiary/aromatic N) is 2. The zero-order valence-corrected chi connectivity index (χ0v) is 15.5. The zero-order chi connectivity index (χ0) is 17.5. The maximum atomic E-state index is 12.2. The Labute approximate surface area is 151 Å². The van der Waals surface area contributed by atoms with Crippen LogP contribution in [0.5, 0.6) is 0 Å². The van der Waals surface area contributed by atoms with Crippen molar-refractivity contribution in [2.45, 2.75) is 32.9 Å². The topological polar surface area (TPSA) is 47.6 Å². The summed E-state index contributed by atoms with van der Waals surface area (Å²) < 4.78 is 0. The molecule has 1 unspecified atom stereocenters. The Balaban J connectivity index is 1.42. The minimum atomic E-state index is 0.134. The average molecular weight is 345 g/mol. The Hall–Kier alpha value is -1.43. The summed E-state index contributed by atoms with van der Waals surface area (Å²) in [5.41, 5.74) is 2.54. The Bertz CT molecular complexity index is 531.